The average molecular weight is 222 g/mol. The first-order chi connectivity index (χ1) is 6.06. The lowest BCUT2D eigenvalue weighted by Crippen LogP contribution is -1.93. The number of benzene rings is 1. The maximum atomic E-state index is 12.7. The van der Waals surface area contributed by atoms with Crippen molar-refractivity contribution in [3.05, 3.63) is 29.3 Å². The van der Waals surface area contributed by atoms with Gasteiger partial charge in [0.25, 0.3) is 0 Å². The van der Waals surface area contributed by atoms with Gasteiger partial charge in [0.15, 0.2) is 11.6 Å². The van der Waals surface area contributed by atoms with E-state index >= 15 is 0 Å². The number of nitriles is 1. The van der Waals surface area contributed by atoms with Crippen LogP contribution >= 0.6 is 10.7 Å². The molecular formula is C7H2ClF2NOS. The lowest BCUT2D eigenvalue weighted by Gasteiger charge is -1.98. The Hall–Kier alpha value is -0.990. The van der Waals surface area contributed by atoms with E-state index in [9.17, 15) is 13.0 Å². The van der Waals surface area contributed by atoms with Crippen molar-refractivity contribution >= 4 is 20.7 Å². The van der Waals surface area contributed by atoms with Crippen molar-refractivity contribution < 1.29 is 13.0 Å². The molecule has 0 heterocycles. The van der Waals surface area contributed by atoms with Crippen molar-refractivity contribution in [3.8, 4) is 6.07 Å². The van der Waals surface area contributed by atoms with Gasteiger partial charge in [0.2, 0.25) is 0 Å². The largest absolute Gasteiger partial charge is 0.237 e. The Morgan fingerprint density at radius 3 is 2.54 bits per heavy atom. The Labute approximate surface area is 79.7 Å². The second-order valence-corrected chi connectivity index (χ2v) is 3.86. The summed E-state index contributed by atoms with van der Waals surface area (Å²) in [6, 6.07) is 3.06. The van der Waals surface area contributed by atoms with Gasteiger partial charge in [-0.3, -0.25) is 0 Å². The first-order valence-electron chi connectivity index (χ1n) is 3.03. The molecule has 0 saturated carbocycles. The summed E-state index contributed by atoms with van der Waals surface area (Å²) in [6.45, 7) is 0. The molecule has 6 heteroatoms. The molecule has 1 unspecified atom stereocenters. The third-order valence-electron chi connectivity index (χ3n) is 1.31. The van der Waals surface area contributed by atoms with Crippen molar-refractivity contribution in [3.63, 3.8) is 0 Å². The average Bonchev–Trinajstić information content (AvgIpc) is 2.09. The molecule has 1 rings (SSSR count). The topological polar surface area (TPSA) is 40.9 Å². The van der Waals surface area contributed by atoms with Crippen LogP contribution in [0.4, 0.5) is 8.78 Å². The van der Waals surface area contributed by atoms with Crippen LogP contribution in [0.15, 0.2) is 17.0 Å². The van der Waals surface area contributed by atoms with Gasteiger partial charge in [-0.1, -0.05) is 0 Å². The molecule has 0 saturated heterocycles. The van der Waals surface area contributed by atoms with Crippen LogP contribution in [0.5, 0.6) is 0 Å². The molecule has 0 amide bonds. The molecule has 13 heavy (non-hydrogen) atoms. The Kier molecular flexibility index (Phi) is 2.96. The van der Waals surface area contributed by atoms with Crippen LogP contribution in [0.1, 0.15) is 5.56 Å². The molecular weight excluding hydrogens is 220 g/mol. The lowest BCUT2D eigenvalue weighted by molar-refractivity contribution is 0.503. The highest BCUT2D eigenvalue weighted by Crippen LogP contribution is 2.18. The smallest absolute Gasteiger partial charge is 0.176 e. The van der Waals surface area contributed by atoms with Gasteiger partial charge < -0.3 is 0 Å². The molecule has 1 atom stereocenters. The maximum absolute atomic E-state index is 12.7. The van der Waals surface area contributed by atoms with Gasteiger partial charge in [-0.15, -0.1) is 0 Å². The molecule has 2 nitrogen and oxygen atoms in total. The summed E-state index contributed by atoms with van der Waals surface area (Å²) >= 11 is 0. The highest BCUT2D eigenvalue weighted by atomic mass is 35.7. The van der Waals surface area contributed by atoms with E-state index in [4.69, 9.17) is 15.9 Å². The molecule has 0 radical (unpaired) electrons. The van der Waals surface area contributed by atoms with E-state index in [1.807, 2.05) is 0 Å². The van der Waals surface area contributed by atoms with Gasteiger partial charge in [-0.25, -0.2) is 13.0 Å². The maximum Gasteiger partial charge on any atom is 0.176 e. The third kappa shape index (κ3) is 2.02. The zero-order valence-corrected chi connectivity index (χ0v) is 7.62. The SMILES string of the molecule is N#Cc1cc(S(=O)Cl)cc(F)c1F. The van der Waals surface area contributed by atoms with Gasteiger partial charge in [0, 0.05) is 0 Å². The fourth-order valence-corrected chi connectivity index (χ4v) is 1.41. The second-order valence-electron chi connectivity index (χ2n) is 2.10. The van der Waals surface area contributed by atoms with Crippen molar-refractivity contribution in [2.75, 3.05) is 0 Å². The molecule has 0 fully saturated rings. The highest BCUT2D eigenvalue weighted by Gasteiger charge is 2.12. The number of hydrogen-bond donors (Lipinski definition) is 0. The minimum atomic E-state index is -1.94. The number of rotatable bonds is 1. The molecule has 1 aromatic rings. The Balaban J connectivity index is 3.41. The Bertz CT molecular complexity index is 416. The number of nitrogens with zero attached hydrogens (tertiary/aromatic N) is 1. The van der Waals surface area contributed by atoms with Gasteiger partial charge >= 0.3 is 0 Å². The molecule has 0 bridgehead atoms. The first-order valence-corrected chi connectivity index (χ1v) is 5.01. The highest BCUT2D eigenvalue weighted by molar-refractivity contribution is 8.08. The van der Waals surface area contributed by atoms with E-state index in [-0.39, 0.29) is 4.90 Å². The van der Waals surface area contributed by atoms with Crippen LogP contribution in [-0.4, -0.2) is 4.21 Å². The van der Waals surface area contributed by atoms with Crippen molar-refractivity contribution in [2.45, 2.75) is 4.90 Å². The molecule has 0 aliphatic heterocycles. The lowest BCUT2D eigenvalue weighted by atomic mass is 10.2. The summed E-state index contributed by atoms with van der Waals surface area (Å²) in [7, 11) is 3.19. The van der Waals surface area contributed by atoms with Gasteiger partial charge in [0.1, 0.15) is 16.1 Å². The van der Waals surface area contributed by atoms with Crippen molar-refractivity contribution in [1.82, 2.24) is 0 Å². The molecule has 68 valence electrons. The molecule has 0 N–H and O–H groups in total. The minimum absolute atomic E-state index is 0.128. The molecule has 0 aliphatic rings. The van der Waals surface area contributed by atoms with Crippen LogP contribution in [-0.2, 0) is 10.0 Å². The first kappa shape index (κ1) is 10.1. The number of halogens is 3. The normalized spacial score (nSPS) is 12.2. The Morgan fingerprint density at radius 1 is 1.46 bits per heavy atom. The van der Waals surface area contributed by atoms with E-state index in [2.05, 4.69) is 0 Å². The monoisotopic (exact) mass is 221 g/mol. The van der Waals surface area contributed by atoms with Crippen molar-refractivity contribution in [1.29, 1.82) is 5.26 Å². The third-order valence-corrected chi connectivity index (χ3v) is 2.45. The molecule has 0 spiro atoms. The zero-order chi connectivity index (χ0) is 10.0. The van der Waals surface area contributed by atoms with Gasteiger partial charge in [-0.2, -0.15) is 5.26 Å². The van der Waals surface area contributed by atoms with Crippen LogP contribution < -0.4 is 0 Å². The van der Waals surface area contributed by atoms with Crippen LogP contribution in [0.25, 0.3) is 0 Å². The minimum Gasteiger partial charge on any atom is -0.237 e. The quantitative estimate of drug-likeness (QED) is 0.682. The predicted molar refractivity (Wildman–Crippen MR) is 43.3 cm³/mol. The van der Waals surface area contributed by atoms with Crippen LogP contribution in [0.3, 0.4) is 0 Å². The van der Waals surface area contributed by atoms with E-state index in [0.29, 0.717) is 6.07 Å². The summed E-state index contributed by atoms with van der Waals surface area (Å²) in [5.41, 5.74) is -0.510. The van der Waals surface area contributed by atoms with Gasteiger partial charge in [0.05, 0.1) is 10.5 Å². The van der Waals surface area contributed by atoms with Crippen LogP contribution in [0, 0.1) is 23.0 Å². The van der Waals surface area contributed by atoms with E-state index < -0.39 is 27.2 Å². The van der Waals surface area contributed by atoms with Crippen molar-refractivity contribution in [2.24, 2.45) is 0 Å². The Morgan fingerprint density at radius 2 is 2.08 bits per heavy atom. The summed E-state index contributed by atoms with van der Waals surface area (Å²) in [4.78, 5) is -0.128. The van der Waals surface area contributed by atoms with E-state index in [0.717, 1.165) is 6.07 Å². The van der Waals surface area contributed by atoms with E-state index in [1.165, 1.54) is 6.07 Å². The zero-order valence-electron chi connectivity index (χ0n) is 6.05. The molecule has 0 aliphatic carbocycles. The standard InChI is InChI=1S/C7H2ClF2NOS/c8-13(12)5-1-4(3-11)7(10)6(9)2-5/h1-2H. The van der Waals surface area contributed by atoms with Gasteiger partial charge in [-0.05, 0) is 22.8 Å². The summed E-state index contributed by atoms with van der Waals surface area (Å²) in [5, 5.41) is 8.35. The molecule has 0 aromatic heterocycles. The second kappa shape index (κ2) is 3.81. The fraction of sp³-hybridized carbons (Fsp3) is 0. The summed E-state index contributed by atoms with van der Waals surface area (Å²) in [6.07, 6.45) is 0. The molecule has 1 aromatic carbocycles. The number of hydrogen-bond acceptors (Lipinski definition) is 2. The summed E-state index contributed by atoms with van der Waals surface area (Å²) in [5.74, 6) is -2.49. The summed E-state index contributed by atoms with van der Waals surface area (Å²) < 4.78 is 36.0. The van der Waals surface area contributed by atoms with Crippen LogP contribution in [0.2, 0.25) is 0 Å². The van der Waals surface area contributed by atoms with E-state index in [1.54, 1.807) is 0 Å². The fourth-order valence-electron chi connectivity index (χ4n) is 0.738. The predicted octanol–water partition coefficient (Wildman–Crippen LogP) is 2.10.